The number of piperidine rings is 1. The number of nitrogens with zero attached hydrogens (tertiary/aromatic N) is 2. The largest absolute Gasteiger partial charge is 0.316 e. The van der Waals surface area contributed by atoms with Gasteiger partial charge in [0.15, 0.2) is 0 Å². The van der Waals surface area contributed by atoms with E-state index in [0.29, 0.717) is 11.2 Å². The average molecular weight is 418 g/mol. The maximum atomic E-state index is 12.4. The monoisotopic (exact) mass is 416 g/mol. The van der Waals surface area contributed by atoms with E-state index in [-0.39, 0.29) is 24.2 Å². The molecule has 2 aliphatic rings. The highest BCUT2D eigenvalue weighted by molar-refractivity contribution is 9.10. The minimum atomic E-state index is 0. The molecule has 24 heavy (non-hydrogen) atoms. The summed E-state index contributed by atoms with van der Waals surface area (Å²) in [6, 6.07) is 3.71. The Hall–Kier alpha value is -0.690. The van der Waals surface area contributed by atoms with Gasteiger partial charge in [0.1, 0.15) is 5.82 Å². The molecule has 0 aromatic carbocycles. The molecular weight excluding hydrogens is 392 g/mol. The molecule has 0 aliphatic carbocycles. The number of anilines is 1. The smallest absolute Gasteiger partial charge is 0.228 e. The van der Waals surface area contributed by atoms with Crippen molar-refractivity contribution in [3.05, 3.63) is 22.8 Å². The minimum Gasteiger partial charge on any atom is -0.316 e. The van der Waals surface area contributed by atoms with Crippen molar-refractivity contribution in [2.75, 3.05) is 38.0 Å². The predicted molar refractivity (Wildman–Crippen MR) is 103 cm³/mol. The zero-order valence-electron chi connectivity index (χ0n) is 14.1. The zero-order chi connectivity index (χ0) is 16.3. The number of pyridine rings is 1. The van der Waals surface area contributed by atoms with Gasteiger partial charge < -0.3 is 15.5 Å². The number of hydrogen-bond donors (Lipinski definition) is 2. The van der Waals surface area contributed by atoms with Crippen LogP contribution in [0.25, 0.3) is 0 Å². The first-order valence-corrected chi connectivity index (χ1v) is 9.19. The van der Waals surface area contributed by atoms with E-state index >= 15 is 0 Å². The lowest BCUT2D eigenvalue weighted by Gasteiger charge is -2.36. The van der Waals surface area contributed by atoms with Gasteiger partial charge in [-0.3, -0.25) is 4.79 Å². The van der Waals surface area contributed by atoms with Crippen molar-refractivity contribution in [1.82, 2.24) is 15.2 Å². The molecule has 3 heterocycles. The van der Waals surface area contributed by atoms with Crippen LogP contribution in [0.2, 0.25) is 0 Å². The quantitative estimate of drug-likeness (QED) is 0.791. The van der Waals surface area contributed by atoms with E-state index < -0.39 is 0 Å². The van der Waals surface area contributed by atoms with Gasteiger partial charge in [0.2, 0.25) is 5.91 Å². The molecule has 0 saturated carbocycles. The summed E-state index contributed by atoms with van der Waals surface area (Å²) in [4.78, 5) is 19.1. The lowest BCUT2D eigenvalue weighted by atomic mass is 9.87. The van der Waals surface area contributed by atoms with Crippen molar-refractivity contribution >= 4 is 40.1 Å². The third kappa shape index (κ3) is 5.15. The molecule has 134 valence electrons. The first kappa shape index (κ1) is 19.6. The van der Waals surface area contributed by atoms with Crippen molar-refractivity contribution < 1.29 is 4.79 Å². The van der Waals surface area contributed by atoms with Crippen LogP contribution < -0.4 is 10.6 Å². The number of amides is 1. The van der Waals surface area contributed by atoms with Gasteiger partial charge in [0, 0.05) is 29.7 Å². The van der Waals surface area contributed by atoms with E-state index in [9.17, 15) is 4.79 Å². The summed E-state index contributed by atoms with van der Waals surface area (Å²) in [5.41, 5.74) is 0.399. The molecule has 2 aliphatic heterocycles. The van der Waals surface area contributed by atoms with E-state index in [0.717, 1.165) is 50.0 Å². The van der Waals surface area contributed by atoms with E-state index in [1.165, 1.54) is 6.42 Å². The number of rotatable bonds is 4. The number of nitrogens with one attached hydrogen (secondary N) is 2. The predicted octanol–water partition coefficient (Wildman–Crippen LogP) is 2.92. The second kappa shape index (κ2) is 8.61. The molecule has 5 nitrogen and oxygen atoms in total. The van der Waals surface area contributed by atoms with Gasteiger partial charge in [-0.2, -0.15) is 0 Å². The number of aromatic nitrogens is 1. The van der Waals surface area contributed by atoms with E-state index in [2.05, 4.69) is 43.4 Å². The summed E-state index contributed by atoms with van der Waals surface area (Å²) in [5.74, 6) is 0.838. The summed E-state index contributed by atoms with van der Waals surface area (Å²) in [6.45, 7) is 7.79. The van der Waals surface area contributed by atoms with E-state index in [4.69, 9.17) is 0 Å². The number of carbonyl (C=O) groups excluding carboxylic acids is 1. The lowest BCUT2D eigenvalue weighted by Crippen LogP contribution is -2.43. The third-order valence-electron chi connectivity index (χ3n) is 5.00. The number of hydrogen-bond acceptors (Lipinski definition) is 4. The first-order valence-electron chi connectivity index (χ1n) is 8.40. The fourth-order valence-corrected chi connectivity index (χ4v) is 3.81. The van der Waals surface area contributed by atoms with Gasteiger partial charge >= 0.3 is 0 Å². The molecule has 2 fully saturated rings. The van der Waals surface area contributed by atoms with Crippen molar-refractivity contribution in [2.24, 2.45) is 11.3 Å². The van der Waals surface area contributed by atoms with Crippen LogP contribution in [0.4, 0.5) is 5.82 Å². The molecular formula is C17H26BrClN4O. The Morgan fingerprint density at radius 1 is 1.46 bits per heavy atom. The fraction of sp³-hybridized carbons (Fsp3) is 0.647. The number of halogens is 2. The van der Waals surface area contributed by atoms with Crippen molar-refractivity contribution in [3.8, 4) is 0 Å². The molecule has 0 radical (unpaired) electrons. The molecule has 0 spiro atoms. The molecule has 2 N–H and O–H groups in total. The minimum absolute atomic E-state index is 0. The topological polar surface area (TPSA) is 57.3 Å². The molecule has 0 bridgehead atoms. The second-order valence-corrected chi connectivity index (χ2v) is 8.05. The molecule has 3 rings (SSSR count). The SMILES string of the molecule is CC1(CN2CCC(C(=O)Nc3ccc(Br)cn3)CC2)CCNC1.Cl. The molecule has 1 unspecified atom stereocenters. The fourth-order valence-electron chi connectivity index (χ4n) is 3.57. The number of likely N-dealkylation sites (tertiary alicyclic amines) is 1. The Morgan fingerprint density at radius 3 is 2.79 bits per heavy atom. The Labute approximate surface area is 158 Å². The second-order valence-electron chi connectivity index (χ2n) is 7.14. The van der Waals surface area contributed by atoms with Gasteiger partial charge in [0.25, 0.3) is 0 Å². The van der Waals surface area contributed by atoms with Crippen LogP contribution in [0.1, 0.15) is 26.2 Å². The highest BCUT2D eigenvalue weighted by atomic mass is 79.9. The van der Waals surface area contributed by atoms with Crippen LogP contribution >= 0.6 is 28.3 Å². The van der Waals surface area contributed by atoms with Crippen LogP contribution in [0, 0.1) is 11.3 Å². The molecule has 1 aromatic heterocycles. The molecule has 1 amide bonds. The van der Waals surface area contributed by atoms with Crippen LogP contribution in [-0.4, -0.2) is 48.5 Å². The van der Waals surface area contributed by atoms with Gasteiger partial charge in [-0.25, -0.2) is 4.98 Å². The summed E-state index contributed by atoms with van der Waals surface area (Å²) < 4.78 is 0.915. The lowest BCUT2D eigenvalue weighted by molar-refractivity contribution is -0.121. The maximum absolute atomic E-state index is 12.4. The van der Waals surface area contributed by atoms with E-state index in [1.54, 1.807) is 6.20 Å². The van der Waals surface area contributed by atoms with Gasteiger partial charge in [-0.1, -0.05) is 6.92 Å². The van der Waals surface area contributed by atoms with Gasteiger partial charge in [0.05, 0.1) is 0 Å². The zero-order valence-corrected chi connectivity index (χ0v) is 16.5. The molecule has 1 aromatic rings. The van der Waals surface area contributed by atoms with Gasteiger partial charge in [-0.05, 0) is 72.4 Å². The van der Waals surface area contributed by atoms with Crippen LogP contribution in [0.15, 0.2) is 22.8 Å². The summed E-state index contributed by atoms with van der Waals surface area (Å²) >= 11 is 3.35. The Balaban J connectivity index is 0.00000208. The van der Waals surface area contributed by atoms with Crippen molar-refractivity contribution in [3.63, 3.8) is 0 Å². The standard InChI is InChI=1S/C17H25BrN4O.ClH/c1-17(6-7-19-11-17)12-22-8-4-13(5-9-22)16(23)21-15-3-2-14(18)10-20-15;/h2-3,10,13,19H,4-9,11-12H2,1H3,(H,20,21,23);1H. The number of carbonyl (C=O) groups is 1. The molecule has 2 saturated heterocycles. The van der Waals surface area contributed by atoms with E-state index in [1.807, 2.05) is 12.1 Å². The van der Waals surface area contributed by atoms with Gasteiger partial charge in [-0.15, -0.1) is 12.4 Å². The highest BCUT2D eigenvalue weighted by Gasteiger charge is 2.33. The van der Waals surface area contributed by atoms with Crippen LogP contribution in [-0.2, 0) is 4.79 Å². The summed E-state index contributed by atoms with van der Waals surface area (Å²) in [6.07, 6.45) is 4.83. The average Bonchev–Trinajstić information content (AvgIpc) is 2.96. The van der Waals surface area contributed by atoms with Crippen LogP contribution in [0.5, 0.6) is 0 Å². The summed E-state index contributed by atoms with van der Waals surface area (Å²) in [7, 11) is 0. The first-order chi connectivity index (χ1) is 11.0. The van der Waals surface area contributed by atoms with Crippen molar-refractivity contribution in [1.29, 1.82) is 0 Å². The highest BCUT2D eigenvalue weighted by Crippen LogP contribution is 2.28. The third-order valence-corrected chi connectivity index (χ3v) is 5.47. The Kier molecular flexibility index (Phi) is 7.04. The van der Waals surface area contributed by atoms with Crippen molar-refractivity contribution in [2.45, 2.75) is 26.2 Å². The Morgan fingerprint density at radius 2 is 2.21 bits per heavy atom. The normalized spacial score (nSPS) is 25.2. The van der Waals surface area contributed by atoms with Crippen LogP contribution in [0.3, 0.4) is 0 Å². The summed E-state index contributed by atoms with van der Waals surface area (Å²) in [5, 5.41) is 6.39. The molecule has 1 atom stereocenters. The maximum Gasteiger partial charge on any atom is 0.228 e. The Bertz CT molecular complexity index is 540. The molecule has 7 heteroatoms.